The molecule has 0 saturated heterocycles. The zero-order valence-electron chi connectivity index (χ0n) is 13.0. The Hall–Kier alpha value is -0.820. The van der Waals surface area contributed by atoms with Gasteiger partial charge in [0, 0.05) is 31.7 Å². The zero-order chi connectivity index (χ0) is 14.4. The number of rotatable bonds is 6. The highest BCUT2D eigenvalue weighted by Crippen LogP contribution is 2.40. The van der Waals surface area contributed by atoms with Crippen molar-refractivity contribution in [3.8, 4) is 0 Å². The van der Waals surface area contributed by atoms with Crippen LogP contribution in [0.3, 0.4) is 0 Å². The maximum absolute atomic E-state index is 5.15. The van der Waals surface area contributed by atoms with E-state index in [0.29, 0.717) is 18.6 Å². The van der Waals surface area contributed by atoms with Gasteiger partial charge >= 0.3 is 0 Å². The van der Waals surface area contributed by atoms with Gasteiger partial charge in [0.05, 0.1) is 6.61 Å². The van der Waals surface area contributed by atoms with Crippen molar-refractivity contribution in [3.05, 3.63) is 35.9 Å². The summed E-state index contributed by atoms with van der Waals surface area (Å²) >= 11 is 0. The summed E-state index contributed by atoms with van der Waals surface area (Å²) in [4.78, 5) is 4.49. The van der Waals surface area contributed by atoms with Gasteiger partial charge in [0.25, 0.3) is 0 Å². The third-order valence-electron chi connectivity index (χ3n) is 3.46. The summed E-state index contributed by atoms with van der Waals surface area (Å²) in [5, 5.41) is 6.89. The van der Waals surface area contributed by atoms with Crippen LogP contribution in [0.5, 0.6) is 0 Å². The molecule has 1 fully saturated rings. The molecular weight excluding hydrogens is 377 g/mol. The molecule has 1 saturated carbocycles. The number of hydrogen-bond donors (Lipinski definition) is 2. The van der Waals surface area contributed by atoms with E-state index in [4.69, 9.17) is 4.74 Å². The second-order valence-corrected chi connectivity index (χ2v) is 5.33. The molecule has 5 heteroatoms. The standard InChI is InChI=1S/C16H25N3O.HI/c1-4-17-16(18-12(2)11-20-3)19-15-10-14(15)13-8-6-5-7-9-13;/h5-9,12,14-15H,4,10-11H2,1-3H3,(H2,17,18,19);1H. The monoisotopic (exact) mass is 403 g/mol. The zero-order valence-corrected chi connectivity index (χ0v) is 15.3. The molecule has 1 aliphatic rings. The number of nitrogens with one attached hydrogen (secondary N) is 2. The molecule has 1 aromatic rings. The molecule has 0 amide bonds. The van der Waals surface area contributed by atoms with Gasteiger partial charge in [-0.2, -0.15) is 0 Å². The van der Waals surface area contributed by atoms with E-state index in [2.05, 4.69) is 52.9 Å². The lowest BCUT2D eigenvalue weighted by Gasteiger charge is -2.17. The smallest absolute Gasteiger partial charge is 0.191 e. The molecule has 0 bridgehead atoms. The Labute approximate surface area is 144 Å². The Morgan fingerprint density at radius 2 is 2.10 bits per heavy atom. The molecule has 3 unspecified atom stereocenters. The van der Waals surface area contributed by atoms with Crippen LogP contribution >= 0.6 is 24.0 Å². The Kier molecular flexibility index (Phi) is 8.03. The summed E-state index contributed by atoms with van der Waals surface area (Å²) in [6.45, 7) is 5.60. The van der Waals surface area contributed by atoms with E-state index in [1.54, 1.807) is 7.11 Å². The average Bonchev–Trinajstić information content (AvgIpc) is 3.19. The highest BCUT2D eigenvalue weighted by molar-refractivity contribution is 14.0. The Balaban J connectivity index is 0.00000220. The molecule has 0 aromatic heterocycles. The van der Waals surface area contributed by atoms with Crippen LogP contribution in [0.1, 0.15) is 31.7 Å². The molecule has 1 aliphatic carbocycles. The average molecular weight is 403 g/mol. The minimum Gasteiger partial charge on any atom is -0.383 e. The van der Waals surface area contributed by atoms with E-state index in [1.165, 1.54) is 12.0 Å². The summed E-state index contributed by atoms with van der Waals surface area (Å²) in [7, 11) is 1.72. The second-order valence-electron chi connectivity index (χ2n) is 5.33. The maximum atomic E-state index is 5.15. The molecule has 2 rings (SSSR count). The largest absolute Gasteiger partial charge is 0.383 e. The van der Waals surface area contributed by atoms with E-state index in [1.807, 2.05) is 6.92 Å². The van der Waals surface area contributed by atoms with Crippen LogP contribution in [0.4, 0.5) is 0 Å². The first kappa shape index (κ1) is 18.2. The van der Waals surface area contributed by atoms with Gasteiger partial charge in [-0.05, 0) is 25.8 Å². The Morgan fingerprint density at radius 3 is 2.71 bits per heavy atom. The first-order valence-corrected chi connectivity index (χ1v) is 7.36. The molecule has 2 N–H and O–H groups in total. The Morgan fingerprint density at radius 1 is 1.38 bits per heavy atom. The summed E-state index contributed by atoms with van der Waals surface area (Å²) < 4.78 is 5.15. The van der Waals surface area contributed by atoms with E-state index < -0.39 is 0 Å². The van der Waals surface area contributed by atoms with Crippen LogP contribution < -0.4 is 10.6 Å². The van der Waals surface area contributed by atoms with Crippen LogP contribution in [-0.4, -0.2) is 38.3 Å². The molecule has 118 valence electrons. The lowest BCUT2D eigenvalue weighted by molar-refractivity contribution is 0.179. The molecule has 0 aliphatic heterocycles. The third kappa shape index (κ3) is 5.82. The molecule has 21 heavy (non-hydrogen) atoms. The van der Waals surface area contributed by atoms with Crippen LogP contribution in [0.15, 0.2) is 35.3 Å². The number of methoxy groups -OCH3 is 1. The fraction of sp³-hybridized carbons (Fsp3) is 0.562. The SMILES string of the molecule is CCN=C(NC(C)COC)NC1CC1c1ccccc1.I. The first-order chi connectivity index (χ1) is 9.74. The van der Waals surface area contributed by atoms with Crippen molar-refractivity contribution in [2.75, 3.05) is 20.3 Å². The summed E-state index contributed by atoms with van der Waals surface area (Å²) in [6.07, 6.45) is 1.17. The van der Waals surface area contributed by atoms with Crippen LogP contribution in [0.2, 0.25) is 0 Å². The summed E-state index contributed by atoms with van der Waals surface area (Å²) in [6, 6.07) is 11.4. The van der Waals surface area contributed by atoms with E-state index >= 15 is 0 Å². The van der Waals surface area contributed by atoms with Crippen molar-refractivity contribution >= 4 is 29.9 Å². The summed E-state index contributed by atoms with van der Waals surface area (Å²) in [5.41, 5.74) is 1.41. The topological polar surface area (TPSA) is 45.7 Å². The molecule has 0 heterocycles. The number of aliphatic imine (C=N–C) groups is 1. The van der Waals surface area contributed by atoms with Crippen LogP contribution in [-0.2, 0) is 4.74 Å². The maximum Gasteiger partial charge on any atom is 0.191 e. The number of ether oxygens (including phenoxy) is 1. The van der Waals surface area contributed by atoms with Crippen molar-refractivity contribution < 1.29 is 4.74 Å². The first-order valence-electron chi connectivity index (χ1n) is 7.36. The second kappa shape index (κ2) is 9.25. The molecule has 0 spiro atoms. The van der Waals surface area contributed by atoms with Crippen molar-refractivity contribution in [2.45, 2.75) is 38.3 Å². The number of halogens is 1. The number of benzene rings is 1. The van der Waals surface area contributed by atoms with E-state index in [-0.39, 0.29) is 30.0 Å². The number of guanidine groups is 1. The van der Waals surface area contributed by atoms with Gasteiger partial charge < -0.3 is 15.4 Å². The predicted octanol–water partition coefficient (Wildman–Crippen LogP) is 2.75. The van der Waals surface area contributed by atoms with Crippen molar-refractivity contribution in [3.63, 3.8) is 0 Å². The molecule has 1 aromatic carbocycles. The van der Waals surface area contributed by atoms with Crippen LogP contribution in [0.25, 0.3) is 0 Å². The highest BCUT2D eigenvalue weighted by Gasteiger charge is 2.38. The van der Waals surface area contributed by atoms with Gasteiger partial charge in [0.1, 0.15) is 0 Å². The van der Waals surface area contributed by atoms with Gasteiger partial charge in [-0.25, -0.2) is 0 Å². The van der Waals surface area contributed by atoms with Crippen molar-refractivity contribution in [1.29, 1.82) is 0 Å². The fourth-order valence-corrected chi connectivity index (χ4v) is 2.41. The summed E-state index contributed by atoms with van der Waals surface area (Å²) in [5.74, 6) is 1.50. The van der Waals surface area contributed by atoms with E-state index in [9.17, 15) is 0 Å². The van der Waals surface area contributed by atoms with Gasteiger partial charge in [-0.1, -0.05) is 30.3 Å². The third-order valence-corrected chi connectivity index (χ3v) is 3.46. The quantitative estimate of drug-likeness (QED) is 0.436. The number of hydrogen-bond acceptors (Lipinski definition) is 2. The van der Waals surface area contributed by atoms with Gasteiger partial charge in [-0.15, -0.1) is 24.0 Å². The van der Waals surface area contributed by atoms with Crippen molar-refractivity contribution in [2.24, 2.45) is 4.99 Å². The minimum atomic E-state index is 0. The number of nitrogens with zero attached hydrogens (tertiary/aromatic N) is 1. The van der Waals surface area contributed by atoms with Gasteiger partial charge in [-0.3, -0.25) is 4.99 Å². The van der Waals surface area contributed by atoms with Gasteiger partial charge in [0.15, 0.2) is 5.96 Å². The van der Waals surface area contributed by atoms with E-state index in [0.717, 1.165) is 12.5 Å². The molecule has 0 radical (unpaired) electrons. The van der Waals surface area contributed by atoms with Gasteiger partial charge in [0.2, 0.25) is 0 Å². The normalized spacial score (nSPS) is 22.1. The minimum absolute atomic E-state index is 0. The molecular formula is C16H26IN3O. The molecule has 3 atom stereocenters. The predicted molar refractivity (Wildman–Crippen MR) is 98.6 cm³/mol. The highest BCUT2D eigenvalue weighted by atomic mass is 127. The fourth-order valence-electron chi connectivity index (χ4n) is 2.41. The Bertz CT molecular complexity index is 438. The van der Waals surface area contributed by atoms with Crippen molar-refractivity contribution in [1.82, 2.24) is 10.6 Å². The lowest BCUT2D eigenvalue weighted by atomic mass is 10.1. The lowest BCUT2D eigenvalue weighted by Crippen LogP contribution is -2.45. The molecule has 4 nitrogen and oxygen atoms in total. The van der Waals surface area contributed by atoms with Crippen LogP contribution in [0, 0.1) is 0 Å².